The maximum atomic E-state index is 13.0. The number of carbonyl (C=O) groups excluding carboxylic acids is 1. The lowest BCUT2D eigenvalue weighted by atomic mass is 10.1. The van der Waals surface area contributed by atoms with Crippen LogP contribution >= 0.6 is 36.4 Å². The van der Waals surface area contributed by atoms with Gasteiger partial charge in [0.05, 0.1) is 0 Å². The molecule has 1 aliphatic carbocycles. The Balaban J connectivity index is 0.00000160. The van der Waals surface area contributed by atoms with Gasteiger partial charge in [0.1, 0.15) is 0 Å². The Morgan fingerprint density at radius 3 is 2.53 bits per heavy atom. The van der Waals surface area contributed by atoms with E-state index in [0.29, 0.717) is 5.02 Å². The number of nitrogens with zero attached hydrogens (tertiary/aromatic N) is 2. The maximum absolute atomic E-state index is 13.0. The lowest BCUT2D eigenvalue weighted by molar-refractivity contribution is -0.119. The number of nitrogens with one attached hydrogen (secondary N) is 1. The fourth-order valence-corrected chi connectivity index (χ4v) is 4.03. The van der Waals surface area contributed by atoms with Gasteiger partial charge in [0.15, 0.2) is 0 Å². The van der Waals surface area contributed by atoms with Crippen molar-refractivity contribution >= 4 is 48.0 Å². The molecule has 1 amide bonds. The predicted octanol–water partition coefficient (Wildman–Crippen LogP) is 4.92. The molecule has 4 nitrogen and oxygen atoms in total. The van der Waals surface area contributed by atoms with E-state index < -0.39 is 0 Å². The van der Waals surface area contributed by atoms with Crippen LogP contribution < -0.4 is 10.2 Å². The van der Waals surface area contributed by atoms with Gasteiger partial charge in [-0.05, 0) is 42.5 Å². The summed E-state index contributed by atoms with van der Waals surface area (Å²) in [4.78, 5) is 17.5. The van der Waals surface area contributed by atoms with Crippen LogP contribution in [0.2, 0.25) is 5.02 Å². The van der Waals surface area contributed by atoms with E-state index in [4.69, 9.17) is 11.6 Å². The minimum absolute atomic E-state index is 0. The van der Waals surface area contributed by atoms with Crippen LogP contribution in [0.3, 0.4) is 0 Å². The van der Waals surface area contributed by atoms with Crippen molar-refractivity contribution in [2.24, 2.45) is 5.92 Å². The second-order valence-corrected chi connectivity index (χ2v) is 8.27. The predicted molar refractivity (Wildman–Crippen MR) is 129 cm³/mol. The van der Waals surface area contributed by atoms with Crippen LogP contribution in [0.15, 0.2) is 48.5 Å². The minimum atomic E-state index is 0. The van der Waals surface area contributed by atoms with E-state index in [1.54, 1.807) is 0 Å². The Bertz CT molecular complexity index is 815. The number of halogens is 3. The lowest BCUT2D eigenvalue weighted by Gasteiger charge is -2.27. The molecule has 0 unspecified atom stereocenters. The van der Waals surface area contributed by atoms with Gasteiger partial charge in [-0.3, -0.25) is 9.69 Å². The molecule has 0 saturated heterocycles. The molecule has 164 valence electrons. The van der Waals surface area contributed by atoms with Crippen molar-refractivity contribution in [3.05, 3.63) is 64.7 Å². The molecule has 0 aromatic heterocycles. The number of hydrogen-bond acceptors (Lipinski definition) is 3. The van der Waals surface area contributed by atoms with Gasteiger partial charge < -0.3 is 10.2 Å². The Hall–Kier alpha value is -1.30. The number of benzene rings is 2. The van der Waals surface area contributed by atoms with Crippen LogP contribution in [-0.2, 0) is 17.9 Å². The molecule has 2 aliphatic rings. The van der Waals surface area contributed by atoms with E-state index in [1.807, 2.05) is 17.0 Å². The van der Waals surface area contributed by atoms with E-state index in [0.717, 1.165) is 69.8 Å². The lowest BCUT2D eigenvalue weighted by Crippen LogP contribution is -2.36. The summed E-state index contributed by atoms with van der Waals surface area (Å²) >= 11 is 6.29. The Morgan fingerprint density at radius 2 is 1.80 bits per heavy atom. The molecule has 4 rings (SSSR count). The van der Waals surface area contributed by atoms with Crippen molar-refractivity contribution in [1.82, 2.24) is 10.2 Å². The quantitative estimate of drug-likeness (QED) is 0.691. The van der Waals surface area contributed by atoms with Crippen LogP contribution in [0.25, 0.3) is 0 Å². The molecule has 30 heavy (non-hydrogen) atoms. The average Bonchev–Trinajstić information content (AvgIpc) is 3.54. The molecule has 2 aromatic rings. The maximum Gasteiger partial charge on any atom is 0.230 e. The molecule has 0 radical (unpaired) electrons. The second kappa shape index (κ2) is 11.9. The highest BCUT2D eigenvalue weighted by molar-refractivity contribution is 6.31. The van der Waals surface area contributed by atoms with Crippen LogP contribution in [0, 0.1) is 5.92 Å². The molecule has 1 aliphatic heterocycles. The zero-order valence-electron chi connectivity index (χ0n) is 17.1. The van der Waals surface area contributed by atoms with Crippen molar-refractivity contribution in [3.63, 3.8) is 0 Å². The summed E-state index contributed by atoms with van der Waals surface area (Å²) in [6.07, 6.45) is 2.99. The van der Waals surface area contributed by atoms with Gasteiger partial charge in [0, 0.05) is 55.9 Å². The van der Waals surface area contributed by atoms with Crippen LogP contribution in [0.4, 0.5) is 5.69 Å². The first-order valence-corrected chi connectivity index (χ1v) is 10.7. The molecular formula is C23H30Cl3N3O. The third-order valence-electron chi connectivity index (χ3n) is 5.56. The smallest absolute Gasteiger partial charge is 0.230 e. The monoisotopic (exact) mass is 469 g/mol. The van der Waals surface area contributed by atoms with Gasteiger partial charge in [0.25, 0.3) is 0 Å². The van der Waals surface area contributed by atoms with E-state index >= 15 is 0 Å². The number of rotatable bonds is 3. The highest BCUT2D eigenvalue weighted by atomic mass is 35.5. The van der Waals surface area contributed by atoms with Crippen LogP contribution in [0.5, 0.6) is 0 Å². The first-order valence-electron chi connectivity index (χ1n) is 10.3. The van der Waals surface area contributed by atoms with Crippen molar-refractivity contribution in [2.45, 2.75) is 32.4 Å². The van der Waals surface area contributed by atoms with Crippen LogP contribution in [0.1, 0.15) is 30.4 Å². The standard InChI is InChI=1S/C23H28ClN3O.2ClH/c24-21-10-9-20-16-25-11-14-26(17-18-5-2-1-3-6-18)12-4-13-27(22(20)15-21)23(28)19-7-8-19;;/h1-3,5-6,9-10,15,19,25H,4,7-8,11-14,16-17H2;2*1H. The summed E-state index contributed by atoms with van der Waals surface area (Å²) in [5.74, 6) is 0.461. The topological polar surface area (TPSA) is 35.6 Å². The third-order valence-corrected chi connectivity index (χ3v) is 5.79. The number of hydrogen-bond donors (Lipinski definition) is 1. The van der Waals surface area contributed by atoms with Crippen molar-refractivity contribution in [2.75, 3.05) is 31.1 Å². The van der Waals surface area contributed by atoms with Gasteiger partial charge in [-0.2, -0.15) is 0 Å². The molecule has 2 aromatic carbocycles. The van der Waals surface area contributed by atoms with E-state index in [-0.39, 0.29) is 36.6 Å². The largest absolute Gasteiger partial charge is 0.312 e. The molecule has 0 atom stereocenters. The number of amides is 1. The van der Waals surface area contributed by atoms with Gasteiger partial charge in [-0.1, -0.05) is 48.0 Å². The molecule has 0 spiro atoms. The van der Waals surface area contributed by atoms with Gasteiger partial charge >= 0.3 is 0 Å². The Kier molecular flexibility index (Phi) is 9.92. The summed E-state index contributed by atoms with van der Waals surface area (Å²) < 4.78 is 0. The average molecular weight is 471 g/mol. The normalized spacial score (nSPS) is 17.7. The first kappa shape index (κ1) is 25.0. The third kappa shape index (κ3) is 6.60. The summed E-state index contributed by atoms with van der Waals surface area (Å²) in [6, 6.07) is 16.5. The highest BCUT2D eigenvalue weighted by Crippen LogP contribution is 2.35. The first-order chi connectivity index (χ1) is 13.7. The molecule has 7 heteroatoms. The second-order valence-electron chi connectivity index (χ2n) is 7.83. The van der Waals surface area contributed by atoms with E-state index in [2.05, 4.69) is 46.6 Å². The summed E-state index contributed by atoms with van der Waals surface area (Å²) in [5.41, 5.74) is 3.46. The minimum Gasteiger partial charge on any atom is -0.312 e. The van der Waals surface area contributed by atoms with Crippen LogP contribution in [-0.4, -0.2) is 37.0 Å². The summed E-state index contributed by atoms with van der Waals surface area (Å²) in [7, 11) is 0. The highest BCUT2D eigenvalue weighted by Gasteiger charge is 2.34. The number of fused-ring (bicyclic) bond motifs is 1. The fraction of sp³-hybridized carbons (Fsp3) is 0.435. The number of carbonyl (C=O) groups is 1. The van der Waals surface area contributed by atoms with E-state index in [1.165, 1.54) is 5.56 Å². The fourth-order valence-electron chi connectivity index (χ4n) is 3.86. The number of anilines is 1. The zero-order valence-corrected chi connectivity index (χ0v) is 19.4. The Morgan fingerprint density at radius 1 is 1.03 bits per heavy atom. The summed E-state index contributed by atoms with van der Waals surface area (Å²) in [5, 5.41) is 4.24. The zero-order chi connectivity index (χ0) is 19.3. The van der Waals surface area contributed by atoms with Crippen molar-refractivity contribution in [1.29, 1.82) is 0 Å². The molecule has 1 N–H and O–H groups in total. The molecule has 1 heterocycles. The van der Waals surface area contributed by atoms with Crippen molar-refractivity contribution in [3.8, 4) is 0 Å². The van der Waals surface area contributed by atoms with Gasteiger partial charge in [-0.15, -0.1) is 24.8 Å². The molecular weight excluding hydrogens is 441 g/mol. The van der Waals surface area contributed by atoms with Gasteiger partial charge in [0.2, 0.25) is 5.91 Å². The van der Waals surface area contributed by atoms with E-state index in [9.17, 15) is 4.79 Å². The summed E-state index contributed by atoms with van der Waals surface area (Å²) in [6.45, 7) is 5.33. The molecule has 0 bridgehead atoms. The van der Waals surface area contributed by atoms with Crippen molar-refractivity contribution < 1.29 is 4.79 Å². The van der Waals surface area contributed by atoms with Gasteiger partial charge in [-0.25, -0.2) is 0 Å². The molecule has 1 saturated carbocycles. The molecule has 1 fully saturated rings. The Labute approximate surface area is 196 Å². The SMILES string of the molecule is Cl.Cl.O=C(C1CC1)N1CCCN(Cc2ccccc2)CCNCc2ccc(Cl)cc21.